The van der Waals surface area contributed by atoms with Crippen LogP contribution >= 0.6 is 0 Å². The molecule has 11 aromatic rings. The summed E-state index contributed by atoms with van der Waals surface area (Å²) in [6, 6.07) is 89.4. The summed E-state index contributed by atoms with van der Waals surface area (Å²) < 4.78 is 0. The fourth-order valence-corrected chi connectivity index (χ4v) is 10.5. The number of fused-ring (bicyclic) bond motifs is 7. The van der Waals surface area contributed by atoms with Gasteiger partial charge < -0.3 is 4.90 Å². The Bertz CT molecular complexity index is 3510. The Morgan fingerprint density at radius 2 is 0.889 bits per heavy atom. The van der Waals surface area contributed by atoms with Gasteiger partial charge in [0.2, 0.25) is 0 Å². The first kappa shape index (κ1) is 36.8. The second kappa shape index (κ2) is 14.9. The largest absolute Gasteiger partial charge is 0.310 e. The first-order valence-electron chi connectivity index (χ1n) is 21.9. The highest BCUT2D eigenvalue weighted by Gasteiger charge is 2.41. The minimum Gasteiger partial charge on any atom is -0.310 e. The normalized spacial score (nSPS) is 14.2. The van der Waals surface area contributed by atoms with Crippen LogP contribution in [0.15, 0.2) is 243 Å². The molecule has 0 N–H and O–H groups in total. The van der Waals surface area contributed by atoms with Crippen LogP contribution in [0.3, 0.4) is 0 Å². The molecular weight excluding hydrogens is 759 g/mol. The van der Waals surface area contributed by atoms with E-state index in [2.05, 4.69) is 254 Å². The Balaban J connectivity index is 1.08. The molecule has 63 heavy (non-hydrogen) atoms. The number of anilines is 3. The summed E-state index contributed by atoms with van der Waals surface area (Å²) in [5.74, 6) is 0. The zero-order valence-corrected chi connectivity index (χ0v) is 35.0. The molecule has 0 saturated heterocycles. The number of rotatable bonds is 7. The van der Waals surface area contributed by atoms with Gasteiger partial charge in [-0.3, -0.25) is 0 Å². The minimum atomic E-state index is -0.336. The molecule has 0 fully saturated rings. The molecule has 1 aliphatic rings. The monoisotopic (exact) mass is 801 g/mol. The van der Waals surface area contributed by atoms with Crippen molar-refractivity contribution in [3.8, 4) is 44.5 Å². The molecule has 1 aliphatic carbocycles. The predicted octanol–water partition coefficient (Wildman–Crippen LogP) is 17.0. The Morgan fingerprint density at radius 1 is 0.317 bits per heavy atom. The molecule has 0 aliphatic heterocycles. The van der Waals surface area contributed by atoms with Crippen LogP contribution in [0.2, 0.25) is 0 Å². The number of para-hydroxylation sites is 1. The van der Waals surface area contributed by atoms with Gasteiger partial charge >= 0.3 is 0 Å². The van der Waals surface area contributed by atoms with Crippen LogP contribution < -0.4 is 4.90 Å². The summed E-state index contributed by atoms with van der Waals surface area (Å²) in [4.78, 5) is 2.48. The lowest BCUT2D eigenvalue weighted by molar-refractivity contribution is 0.714. The molecule has 296 valence electrons. The summed E-state index contributed by atoms with van der Waals surface area (Å²) in [6.45, 7) is 2.40. The van der Waals surface area contributed by atoms with E-state index < -0.39 is 0 Å². The Kier molecular flexibility index (Phi) is 8.69. The molecule has 1 unspecified atom stereocenters. The van der Waals surface area contributed by atoms with Crippen LogP contribution in [0.25, 0.3) is 76.8 Å². The number of benzene rings is 11. The topological polar surface area (TPSA) is 3.24 Å². The summed E-state index contributed by atoms with van der Waals surface area (Å²) >= 11 is 0. The summed E-state index contributed by atoms with van der Waals surface area (Å²) in [7, 11) is 0. The molecule has 0 spiro atoms. The van der Waals surface area contributed by atoms with E-state index in [-0.39, 0.29) is 5.41 Å². The Hall–Kier alpha value is -8.00. The van der Waals surface area contributed by atoms with Gasteiger partial charge in [-0.15, -0.1) is 0 Å². The second-order valence-corrected chi connectivity index (χ2v) is 16.9. The molecule has 0 saturated carbocycles. The maximum atomic E-state index is 2.48. The average Bonchev–Trinajstić information content (AvgIpc) is 3.62. The Labute approximate surface area is 368 Å². The van der Waals surface area contributed by atoms with Crippen molar-refractivity contribution in [1.29, 1.82) is 0 Å². The zero-order chi connectivity index (χ0) is 41.9. The van der Waals surface area contributed by atoms with Crippen molar-refractivity contribution in [2.45, 2.75) is 12.3 Å². The van der Waals surface area contributed by atoms with E-state index in [0.29, 0.717) is 0 Å². The van der Waals surface area contributed by atoms with Crippen molar-refractivity contribution >= 4 is 49.4 Å². The minimum absolute atomic E-state index is 0.336. The molecule has 1 nitrogen and oxygen atoms in total. The Morgan fingerprint density at radius 3 is 1.71 bits per heavy atom. The van der Waals surface area contributed by atoms with E-state index in [1.165, 1.54) is 93.5 Å². The van der Waals surface area contributed by atoms with Gasteiger partial charge in [-0.05, 0) is 125 Å². The number of hydrogen-bond donors (Lipinski definition) is 0. The van der Waals surface area contributed by atoms with E-state index in [0.717, 1.165) is 17.1 Å². The first-order chi connectivity index (χ1) is 31.1. The number of hydrogen-bond acceptors (Lipinski definition) is 1. The van der Waals surface area contributed by atoms with Gasteiger partial charge in [-0.25, -0.2) is 0 Å². The third-order valence-electron chi connectivity index (χ3n) is 13.6. The highest BCUT2D eigenvalue weighted by molar-refractivity contribution is 6.12. The van der Waals surface area contributed by atoms with Crippen LogP contribution in [0, 0.1) is 0 Å². The summed E-state index contributed by atoms with van der Waals surface area (Å²) in [5.41, 5.74) is 16.8. The van der Waals surface area contributed by atoms with Crippen LogP contribution in [-0.4, -0.2) is 0 Å². The van der Waals surface area contributed by atoms with E-state index in [1.807, 2.05) is 0 Å². The lowest BCUT2D eigenvalue weighted by Crippen LogP contribution is -2.22. The van der Waals surface area contributed by atoms with Crippen LogP contribution in [0.1, 0.15) is 23.6 Å². The van der Waals surface area contributed by atoms with Gasteiger partial charge in [0.05, 0.1) is 5.69 Å². The third-order valence-corrected chi connectivity index (χ3v) is 13.6. The molecule has 0 heterocycles. The van der Waals surface area contributed by atoms with Crippen molar-refractivity contribution in [3.63, 3.8) is 0 Å². The predicted molar refractivity (Wildman–Crippen MR) is 267 cm³/mol. The maximum Gasteiger partial charge on any atom is 0.0540 e. The molecule has 0 bridgehead atoms. The summed E-state index contributed by atoms with van der Waals surface area (Å²) in [5, 5.41) is 7.54. The van der Waals surface area contributed by atoms with Gasteiger partial charge in [0, 0.05) is 22.4 Å². The molecule has 0 aromatic heterocycles. The van der Waals surface area contributed by atoms with Crippen molar-refractivity contribution in [2.75, 3.05) is 4.90 Å². The van der Waals surface area contributed by atoms with Crippen molar-refractivity contribution in [2.24, 2.45) is 0 Å². The standard InChI is InChI=1S/C62H43N/c1-62(46-22-6-3-7-23-46)58-31-12-10-25-54(58)55-40-38-48(41-59(55)62)63(47-36-33-44(34-37-47)50-27-16-29-52-49-24-9-8-19-43(49)35-39-53(50)52)60-32-13-11-26-56(60)57-30-15-21-45-20-14-28-51(61(45)57)42-17-4-2-5-18-42/h2-41H,1H3. The average molecular weight is 802 g/mol. The molecule has 1 atom stereocenters. The van der Waals surface area contributed by atoms with E-state index in [1.54, 1.807) is 0 Å². The van der Waals surface area contributed by atoms with E-state index in [4.69, 9.17) is 0 Å². The number of nitrogens with zero attached hydrogens (tertiary/aromatic N) is 1. The first-order valence-corrected chi connectivity index (χ1v) is 21.9. The van der Waals surface area contributed by atoms with Gasteiger partial charge in [0.15, 0.2) is 0 Å². The van der Waals surface area contributed by atoms with E-state index >= 15 is 0 Å². The smallest absolute Gasteiger partial charge is 0.0540 e. The fourth-order valence-electron chi connectivity index (χ4n) is 10.5. The SMILES string of the molecule is CC1(c2ccccc2)c2ccccc2-c2ccc(N(c3ccc(-c4cccc5c4ccc4ccccc45)cc3)c3ccccc3-c3cccc4cccc(-c5ccccc5)c34)cc21. The molecule has 0 amide bonds. The van der Waals surface area contributed by atoms with Crippen LogP contribution in [0.5, 0.6) is 0 Å². The molecular formula is C62H43N. The zero-order valence-electron chi connectivity index (χ0n) is 35.0. The van der Waals surface area contributed by atoms with Crippen molar-refractivity contribution in [3.05, 3.63) is 259 Å². The molecule has 1 heteroatoms. The van der Waals surface area contributed by atoms with Gasteiger partial charge in [-0.1, -0.05) is 212 Å². The summed E-state index contributed by atoms with van der Waals surface area (Å²) in [6.07, 6.45) is 0. The highest BCUT2D eigenvalue weighted by Crippen LogP contribution is 2.54. The van der Waals surface area contributed by atoms with Gasteiger partial charge in [0.1, 0.15) is 0 Å². The van der Waals surface area contributed by atoms with Crippen LogP contribution in [-0.2, 0) is 5.41 Å². The molecule has 11 aromatic carbocycles. The lowest BCUT2D eigenvalue weighted by atomic mass is 9.74. The highest BCUT2D eigenvalue weighted by atomic mass is 15.1. The van der Waals surface area contributed by atoms with Gasteiger partial charge in [-0.2, -0.15) is 0 Å². The molecule has 12 rings (SSSR count). The maximum absolute atomic E-state index is 2.48. The molecule has 0 radical (unpaired) electrons. The van der Waals surface area contributed by atoms with Gasteiger partial charge in [0.25, 0.3) is 0 Å². The lowest BCUT2D eigenvalue weighted by Gasteiger charge is -2.32. The second-order valence-electron chi connectivity index (χ2n) is 16.9. The fraction of sp³-hybridized carbons (Fsp3) is 0.0323. The van der Waals surface area contributed by atoms with Crippen molar-refractivity contribution < 1.29 is 0 Å². The van der Waals surface area contributed by atoms with E-state index in [9.17, 15) is 0 Å². The van der Waals surface area contributed by atoms with Crippen LogP contribution in [0.4, 0.5) is 17.1 Å². The third kappa shape index (κ3) is 5.92. The van der Waals surface area contributed by atoms with Crippen molar-refractivity contribution in [1.82, 2.24) is 0 Å². The quantitative estimate of drug-likeness (QED) is 0.145.